The lowest BCUT2D eigenvalue weighted by atomic mass is 10.2. The Bertz CT molecular complexity index is 613. The van der Waals surface area contributed by atoms with Gasteiger partial charge in [-0.1, -0.05) is 11.8 Å². The molecule has 1 saturated heterocycles. The molecule has 2 N–H and O–H groups in total. The molecule has 6 nitrogen and oxygen atoms in total. The lowest BCUT2D eigenvalue weighted by Gasteiger charge is -2.16. The number of rotatable bonds is 4. The van der Waals surface area contributed by atoms with Gasteiger partial charge < -0.3 is 5.11 Å². The molecule has 0 bridgehead atoms. The van der Waals surface area contributed by atoms with Gasteiger partial charge in [0, 0.05) is 31.3 Å². The lowest BCUT2D eigenvalue weighted by Crippen LogP contribution is -2.33. The second-order valence-electron chi connectivity index (χ2n) is 4.42. The largest absolute Gasteiger partial charge is 0.395 e. The van der Waals surface area contributed by atoms with Gasteiger partial charge in [-0.2, -0.15) is 12.7 Å². The fourth-order valence-electron chi connectivity index (χ4n) is 1.91. The van der Waals surface area contributed by atoms with E-state index in [-0.39, 0.29) is 12.4 Å². The minimum atomic E-state index is -3.52. The minimum Gasteiger partial charge on any atom is -0.395 e. The van der Waals surface area contributed by atoms with Gasteiger partial charge in [-0.3, -0.25) is 4.72 Å². The molecule has 2 rings (SSSR count). The third kappa shape index (κ3) is 3.93. The number of nitrogens with zero attached hydrogens (tertiary/aromatic N) is 2. The summed E-state index contributed by atoms with van der Waals surface area (Å²) in [4.78, 5) is 3.99. The minimum absolute atomic E-state index is 0.00648. The second-order valence-corrected chi connectivity index (χ2v) is 6.09. The molecule has 0 atom stereocenters. The average molecular weight is 295 g/mol. The molecule has 0 unspecified atom stereocenters. The van der Waals surface area contributed by atoms with E-state index in [1.807, 2.05) is 0 Å². The van der Waals surface area contributed by atoms with Crippen LogP contribution in [-0.4, -0.2) is 42.5 Å². The van der Waals surface area contributed by atoms with Crippen molar-refractivity contribution >= 4 is 16.0 Å². The fourth-order valence-corrected chi connectivity index (χ4v) is 3.15. The molecule has 0 spiro atoms. The summed E-state index contributed by atoms with van der Waals surface area (Å²) < 4.78 is 28.0. The van der Waals surface area contributed by atoms with Crippen LogP contribution in [0, 0.1) is 11.8 Å². The van der Waals surface area contributed by atoms with Crippen LogP contribution in [0.2, 0.25) is 0 Å². The molecule has 1 aromatic rings. The second kappa shape index (κ2) is 6.70. The van der Waals surface area contributed by atoms with Crippen LogP contribution in [0.15, 0.2) is 18.3 Å². The van der Waals surface area contributed by atoms with Gasteiger partial charge in [0.05, 0.1) is 6.61 Å². The van der Waals surface area contributed by atoms with E-state index < -0.39 is 10.2 Å². The van der Waals surface area contributed by atoms with E-state index in [1.54, 1.807) is 12.1 Å². The number of aromatic nitrogens is 1. The molecule has 0 radical (unpaired) electrons. The van der Waals surface area contributed by atoms with Crippen molar-refractivity contribution in [3.05, 3.63) is 23.9 Å². The highest BCUT2D eigenvalue weighted by molar-refractivity contribution is 7.90. The van der Waals surface area contributed by atoms with Crippen molar-refractivity contribution in [2.45, 2.75) is 19.3 Å². The number of anilines is 1. The van der Waals surface area contributed by atoms with Crippen LogP contribution in [0.3, 0.4) is 0 Å². The highest BCUT2D eigenvalue weighted by Gasteiger charge is 2.25. The first-order valence-electron chi connectivity index (χ1n) is 6.45. The molecule has 0 saturated carbocycles. The Balaban J connectivity index is 2.10. The molecule has 20 heavy (non-hydrogen) atoms. The van der Waals surface area contributed by atoms with E-state index in [1.165, 1.54) is 10.5 Å². The topological polar surface area (TPSA) is 82.5 Å². The molecule has 2 heterocycles. The summed E-state index contributed by atoms with van der Waals surface area (Å²) in [6.07, 6.45) is 3.67. The molecule has 0 aliphatic carbocycles. The highest BCUT2D eigenvalue weighted by atomic mass is 32.2. The van der Waals surface area contributed by atoms with E-state index in [9.17, 15) is 8.42 Å². The molecule has 1 aromatic heterocycles. The smallest absolute Gasteiger partial charge is 0.302 e. The summed E-state index contributed by atoms with van der Waals surface area (Å²) in [6.45, 7) is 1.10. The summed E-state index contributed by atoms with van der Waals surface area (Å²) in [5, 5.41) is 8.66. The molecule has 1 aliphatic heterocycles. The molecule has 1 fully saturated rings. The molecule has 0 amide bonds. The van der Waals surface area contributed by atoms with Gasteiger partial charge in [-0.05, 0) is 25.0 Å². The van der Waals surface area contributed by atoms with Crippen molar-refractivity contribution in [2.75, 3.05) is 24.4 Å². The number of hydrogen-bond donors (Lipinski definition) is 2. The normalized spacial score (nSPS) is 15.7. The van der Waals surface area contributed by atoms with Crippen molar-refractivity contribution in [1.82, 2.24) is 9.29 Å². The molecule has 108 valence electrons. The number of nitrogens with one attached hydrogen (secondary N) is 1. The fraction of sp³-hybridized carbons (Fsp3) is 0.462. The summed E-state index contributed by atoms with van der Waals surface area (Å²) in [5.74, 6) is 5.88. The highest BCUT2D eigenvalue weighted by Crippen LogP contribution is 2.15. The van der Waals surface area contributed by atoms with Gasteiger partial charge >= 0.3 is 10.2 Å². The maximum Gasteiger partial charge on any atom is 0.302 e. The predicted molar refractivity (Wildman–Crippen MR) is 76.2 cm³/mol. The molecular weight excluding hydrogens is 278 g/mol. The number of aliphatic hydroxyl groups is 1. The zero-order valence-corrected chi connectivity index (χ0v) is 11.9. The van der Waals surface area contributed by atoms with E-state index in [2.05, 4.69) is 21.5 Å². The van der Waals surface area contributed by atoms with Gasteiger partial charge in [-0.15, -0.1) is 0 Å². The van der Waals surface area contributed by atoms with Crippen LogP contribution >= 0.6 is 0 Å². The van der Waals surface area contributed by atoms with Crippen LogP contribution in [-0.2, 0) is 10.2 Å². The first-order valence-corrected chi connectivity index (χ1v) is 7.89. The van der Waals surface area contributed by atoms with E-state index in [0.29, 0.717) is 25.1 Å². The zero-order chi connectivity index (χ0) is 14.4. The Labute approximate surface area is 119 Å². The first kappa shape index (κ1) is 14.8. The zero-order valence-electron chi connectivity index (χ0n) is 11.0. The van der Waals surface area contributed by atoms with Crippen molar-refractivity contribution in [2.24, 2.45) is 0 Å². The van der Waals surface area contributed by atoms with Crippen molar-refractivity contribution in [1.29, 1.82) is 0 Å². The van der Waals surface area contributed by atoms with Gasteiger partial charge in [-0.25, -0.2) is 4.98 Å². The van der Waals surface area contributed by atoms with Crippen LogP contribution in [0.25, 0.3) is 0 Å². The van der Waals surface area contributed by atoms with Crippen molar-refractivity contribution in [3.8, 4) is 11.8 Å². The van der Waals surface area contributed by atoms with Crippen LogP contribution in [0.1, 0.15) is 24.8 Å². The summed E-state index contributed by atoms with van der Waals surface area (Å²) in [7, 11) is -3.52. The Morgan fingerprint density at radius 3 is 2.85 bits per heavy atom. The Hall–Kier alpha value is -1.62. The number of hydrogen-bond acceptors (Lipinski definition) is 4. The van der Waals surface area contributed by atoms with Crippen LogP contribution in [0.5, 0.6) is 0 Å². The average Bonchev–Trinajstić information content (AvgIpc) is 2.94. The molecular formula is C13H17N3O3S. The van der Waals surface area contributed by atoms with Gasteiger partial charge in [0.25, 0.3) is 0 Å². The monoisotopic (exact) mass is 295 g/mol. The maximum atomic E-state index is 12.1. The van der Waals surface area contributed by atoms with Gasteiger partial charge in [0.2, 0.25) is 0 Å². The lowest BCUT2D eigenvalue weighted by molar-refractivity contribution is 0.305. The Kier molecular flexibility index (Phi) is 4.95. The summed E-state index contributed by atoms with van der Waals surface area (Å²) >= 11 is 0. The first-order chi connectivity index (χ1) is 9.62. The summed E-state index contributed by atoms with van der Waals surface area (Å²) in [5.41, 5.74) is 0.660. The Morgan fingerprint density at radius 1 is 1.40 bits per heavy atom. The van der Waals surface area contributed by atoms with E-state index in [0.717, 1.165) is 12.8 Å². The van der Waals surface area contributed by atoms with Gasteiger partial charge in [0.15, 0.2) is 0 Å². The third-order valence-electron chi connectivity index (χ3n) is 2.87. The van der Waals surface area contributed by atoms with Crippen LogP contribution in [0.4, 0.5) is 5.82 Å². The summed E-state index contributed by atoms with van der Waals surface area (Å²) in [6, 6.07) is 3.27. The van der Waals surface area contributed by atoms with Crippen molar-refractivity contribution in [3.63, 3.8) is 0 Å². The quantitative estimate of drug-likeness (QED) is 0.796. The Morgan fingerprint density at radius 2 is 2.15 bits per heavy atom. The number of aliphatic hydroxyl groups excluding tert-OH is 1. The van der Waals surface area contributed by atoms with E-state index >= 15 is 0 Å². The molecule has 7 heteroatoms. The van der Waals surface area contributed by atoms with E-state index in [4.69, 9.17) is 5.11 Å². The van der Waals surface area contributed by atoms with Crippen LogP contribution < -0.4 is 4.72 Å². The maximum absolute atomic E-state index is 12.1. The predicted octanol–water partition coefficient (Wildman–Crippen LogP) is 0.568. The van der Waals surface area contributed by atoms with Crippen molar-refractivity contribution < 1.29 is 13.5 Å². The molecule has 1 aliphatic rings. The standard InChI is InChI=1S/C13H17N3O3S/c17-10-4-1-5-12-6-7-14-13(11-12)15-20(18,19)16-8-2-3-9-16/h6-7,11,17H,2-4,8-10H2,(H,14,15). The number of pyridine rings is 1. The SMILES string of the molecule is O=S(=O)(Nc1cc(C#CCCO)ccn1)N1CCCC1. The molecule has 0 aromatic carbocycles. The van der Waals surface area contributed by atoms with Gasteiger partial charge in [0.1, 0.15) is 5.82 Å². The third-order valence-corrected chi connectivity index (χ3v) is 4.38.